The van der Waals surface area contributed by atoms with Gasteiger partial charge < -0.3 is 9.84 Å². The molecule has 0 fully saturated rings. The number of aromatic nitrogens is 1. The minimum absolute atomic E-state index is 0.00826. The molecule has 0 aliphatic carbocycles. The molecule has 0 bridgehead atoms. The highest BCUT2D eigenvalue weighted by atomic mass is 32.2. The van der Waals surface area contributed by atoms with Gasteiger partial charge >= 0.3 is 0 Å². The Labute approximate surface area is 129 Å². The summed E-state index contributed by atoms with van der Waals surface area (Å²) in [6.07, 6.45) is 0. The first-order valence-corrected chi connectivity index (χ1v) is 7.92. The molecule has 1 atom stereocenters. The minimum atomic E-state index is -0.151. The molecule has 0 saturated carbocycles. The summed E-state index contributed by atoms with van der Waals surface area (Å²) in [6.45, 7) is 7.76. The van der Waals surface area contributed by atoms with Gasteiger partial charge in [0.05, 0.1) is 10.9 Å². The maximum atomic E-state index is 12.2. The van der Waals surface area contributed by atoms with Crippen molar-refractivity contribution < 1.29 is 9.32 Å². The van der Waals surface area contributed by atoms with Crippen molar-refractivity contribution >= 4 is 23.4 Å². The third-order valence-corrected chi connectivity index (χ3v) is 4.35. The number of benzene rings is 1. The summed E-state index contributed by atoms with van der Waals surface area (Å²) in [5, 5.41) is 6.77. The molecule has 1 aromatic heterocycles. The summed E-state index contributed by atoms with van der Waals surface area (Å²) in [5.74, 6) is 1.46. The van der Waals surface area contributed by atoms with Crippen molar-refractivity contribution in [1.29, 1.82) is 0 Å². The highest BCUT2D eigenvalue weighted by Crippen LogP contribution is 2.21. The van der Waals surface area contributed by atoms with Crippen LogP contribution in [0, 0.1) is 20.8 Å². The molecule has 0 unspecified atom stereocenters. The maximum absolute atomic E-state index is 12.2. The Balaban J connectivity index is 1.91. The summed E-state index contributed by atoms with van der Waals surface area (Å²) < 4.78 is 5.02. The predicted molar refractivity (Wildman–Crippen MR) is 86.5 cm³/mol. The Kier molecular flexibility index (Phi) is 5.07. The Bertz CT molecular complexity index is 637. The van der Waals surface area contributed by atoms with E-state index in [9.17, 15) is 4.79 Å². The van der Waals surface area contributed by atoms with Gasteiger partial charge in [-0.2, -0.15) is 0 Å². The monoisotopic (exact) mass is 304 g/mol. The van der Waals surface area contributed by atoms with E-state index < -0.39 is 0 Å². The van der Waals surface area contributed by atoms with Gasteiger partial charge in [0.25, 0.3) is 0 Å². The average Bonchev–Trinajstić information content (AvgIpc) is 2.86. The molecule has 0 aliphatic rings. The Hall–Kier alpha value is -1.75. The summed E-state index contributed by atoms with van der Waals surface area (Å²) in [6, 6.07) is 7.94. The molecule has 0 radical (unpaired) electrons. The standard InChI is InChI=1S/C16H20N2O2S/c1-10-5-6-11(2)15(7-10)17-16(19)13(4)21-9-14-8-12(3)20-18-14/h5-8,13H,9H2,1-4H3,(H,17,19)/t13-/m1/s1. The van der Waals surface area contributed by atoms with Gasteiger partial charge in [-0.25, -0.2) is 0 Å². The van der Waals surface area contributed by atoms with Crippen molar-refractivity contribution in [2.75, 3.05) is 5.32 Å². The van der Waals surface area contributed by atoms with E-state index in [0.29, 0.717) is 5.75 Å². The van der Waals surface area contributed by atoms with Crippen LogP contribution < -0.4 is 5.32 Å². The summed E-state index contributed by atoms with van der Waals surface area (Å²) in [7, 11) is 0. The molecular weight excluding hydrogens is 284 g/mol. The molecule has 2 aromatic rings. The summed E-state index contributed by atoms with van der Waals surface area (Å²) >= 11 is 1.55. The Morgan fingerprint density at radius 3 is 2.76 bits per heavy atom. The molecule has 1 aromatic carbocycles. The van der Waals surface area contributed by atoms with Crippen LogP contribution in [0.4, 0.5) is 5.69 Å². The molecule has 0 spiro atoms. The summed E-state index contributed by atoms with van der Waals surface area (Å²) in [4.78, 5) is 12.2. The topological polar surface area (TPSA) is 55.1 Å². The fraction of sp³-hybridized carbons (Fsp3) is 0.375. The zero-order valence-electron chi connectivity index (χ0n) is 12.8. The molecule has 4 nitrogen and oxygen atoms in total. The zero-order chi connectivity index (χ0) is 15.4. The molecule has 21 heavy (non-hydrogen) atoms. The third kappa shape index (κ3) is 4.36. The van der Waals surface area contributed by atoms with Gasteiger partial charge in [0.15, 0.2) is 0 Å². The molecule has 1 N–H and O–H groups in total. The lowest BCUT2D eigenvalue weighted by Crippen LogP contribution is -2.23. The number of amides is 1. The van der Waals surface area contributed by atoms with E-state index in [0.717, 1.165) is 28.3 Å². The van der Waals surface area contributed by atoms with Gasteiger partial charge in [0, 0.05) is 17.5 Å². The van der Waals surface area contributed by atoms with E-state index in [1.165, 1.54) is 0 Å². The number of hydrogen-bond donors (Lipinski definition) is 1. The normalized spacial score (nSPS) is 12.2. The molecule has 2 rings (SSSR count). The van der Waals surface area contributed by atoms with E-state index in [1.807, 2.05) is 52.0 Å². The van der Waals surface area contributed by atoms with Gasteiger partial charge in [-0.1, -0.05) is 17.3 Å². The number of aryl methyl sites for hydroxylation is 3. The highest BCUT2D eigenvalue weighted by molar-refractivity contribution is 7.99. The Morgan fingerprint density at radius 1 is 1.33 bits per heavy atom. The molecule has 0 saturated heterocycles. The predicted octanol–water partition coefficient (Wildman–Crippen LogP) is 3.86. The lowest BCUT2D eigenvalue weighted by Gasteiger charge is -2.13. The van der Waals surface area contributed by atoms with Crippen LogP contribution in [0.3, 0.4) is 0 Å². The Morgan fingerprint density at radius 2 is 2.10 bits per heavy atom. The molecule has 5 heteroatoms. The molecule has 1 heterocycles. The van der Waals surface area contributed by atoms with Crippen LogP contribution in [-0.4, -0.2) is 16.3 Å². The first-order valence-electron chi connectivity index (χ1n) is 6.87. The number of carbonyl (C=O) groups is 1. The van der Waals surface area contributed by atoms with E-state index in [2.05, 4.69) is 10.5 Å². The molecular formula is C16H20N2O2S. The van der Waals surface area contributed by atoms with Crippen molar-refractivity contribution in [3.05, 3.63) is 46.8 Å². The van der Waals surface area contributed by atoms with Crippen LogP contribution in [0.5, 0.6) is 0 Å². The number of rotatable bonds is 5. The second kappa shape index (κ2) is 6.80. The number of carbonyl (C=O) groups excluding carboxylic acids is 1. The first kappa shape index (κ1) is 15.6. The van der Waals surface area contributed by atoms with E-state index in [1.54, 1.807) is 11.8 Å². The number of nitrogens with zero attached hydrogens (tertiary/aromatic N) is 1. The zero-order valence-corrected chi connectivity index (χ0v) is 13.6. The van der Waals surface area contributed by atoms with E-state index in [-0.39, 0.29) is 11.2 Å². The lowest BCUT2D eigenvalue weighted by atomic mass is 10.1. The maximum Gasteiger partial charge on any atom is 0.237 e. The van der Waals surface area contributed by atoms with Gasteiger partial charge in [0.1, 0.15) is 5.76 Å². The second-order valence-electron chi connectivity index (χ2n) is 5.19. The van der Waals surface area contributed by atoms with E-state index >= 15 is 0 Å². The van der Waals surface area contributed by atoms with Crippen LogP contribution in [0.25, 0.3) is 0 Å². The first-order chi connectivity index (χ1) is 9.95. The fourth-order valence-electron chi connectivity index (χ4n) is 1.88. The fourth-order valence-corrected chi connectivity index (χ4v) is 2.64. The smallest absolute Gasteiger partial charge is 0.237 e. The number of thioether (sulfide) groups is 1. The SMILES string of the molecule is Cc1ccc(C)c(NC(=O)[C@@H](C)SCc2cc(C)on2)c1. The van der Waals surface area contributed by atoms with Gasteiger partial charge in [0.2, 0.25) is 5.91 Å². The molecule has 112 valence electrons. The molecule has 0 aliphatic heterocycles. The van der Waals surface area contributed by atoms with Crippen LogP contribution in [0.2, 0.25) is 0 Å². The second-order valence-corrected chi connectivity index (χ2v) is 6.52. The van der Waals surface area contributed by atoms with Crippen LogP contribution in [0.15, 0.2) is 28.8 Å². The van der Waals surface area contributed by atoms with Crippen LogP contribution >= 0.6 is 11.8 Å². The van der Waals surface area contributed by atoms with Gasteiger partial charge in [-0.05, 0) is 44.9 Å². The molecule has 1 amide bonds. The van der Waals surface area contributed by atoms with Crippen molar-refractivity contribution in [1.82, 2.24) is 5.16 Å². The van der Waals surface area contributed by atoms with Crippen molar-refractivity contribution in [2.45, 2.75) is 38.7 Å². The number of nitrogens with one attached hydrogen (secondary N) is 1. The number of hydrogen-bond acceptors (Lipinski definition) is 4. The lowest BCUT2D eigenvalue weighted by molar-refractivity contribution is -0.115. The van der Waals surface area contributed by atoms with Gasteiger partial charge in [-0.3, -0.25) is 4.79 Å². The van der Waals surface area contributed by atoms with Crippen molar-refractivity contribution in [2.24, 2.45) is 0 Å². The van der Waals surface area contributed by atoms with Gasteiger partial charge in [-0.15, -0.1) is 11.8 Å². The minimum Gasteiger partial charge on any atom is -0.361 e. The van der Waals surface area contributed by atoms with Crippen LogP contribution in [0.1, 0.15) is 29.5 Å². The quantitative estimate of drug-likeness (QED) is 0.911. The van der Waals surface area contributed by atoms with E-state index in [4.69, 9.17) is 4.52 Å². The summed E-state index contributed by atoms with van der Waals surface area (Å²) in [5.41, 5.74) is 3.95. The number of anilines is 1. The van der Waals surface area contributed by atoms with Crippen molar-refractivity contribution in [3.63, 3.8) is 0 Å². The highest BCUT2D eigenvalue weighted by Gasteiger charge is 2.15. The average molecular weight is 304 g/mol. The van der Waals surface area contributed by atoms with Crippen LogP contribution in [-0.2, 0) is 10.5 Å². The van der Waals surface area contributed by atoms with Crippen molar-refractivity contribution in [3.8, 4) is 0 Å². The largest absolute Gasteiger partial charge is 0.361 e. The third-order valence-electron chi connectivity index (χ3n) is 3.18.